The van der Waals surface area contributed by atoms with Gasteiger partial charge in [0.15, 0.2) is 17.3 Å². The maximum Gasteiger partial charge on any atom is 0.182 e. The SMILES string of the molecule is COc1ccc(C(=O)CN(C)c2ccc(C)cc2)cc1F. The highest BCUT2D eigenvalue weighted by atomic mass is 19.1. The molecular weight excluding hydrogens is 269 g/mol. The molecule has 0 aliphatic heterocycles. The van der Waals surface area contributed by atoms with Gasteiger partial charge in [-0.2, -0.15) is 0 Å². The zero-order valence-electron chi connectivity index (χ0n) is 12.4. The minimum Gasteiger partial charge on any atom is -0.494 e. The number of halogens is 1. The highest BCUT2D eigenvalue weighted by Gasteiger charge is 2.12. The van der Waals surface area contributed by atoms with Crippen LogP contribution in [0.25, 0.3) is 0 Å². The third-order valence-corrected chi connectivity index (χ3v) is 3.33. The molecule has 0 saturated carbocycles. The lowest BCUT2D eigenvalue weighted by atomic mass is 10.1. The average Bonchev–Trinajstić information content (AvgIpc) is 2.47. The Labute approximate surface area is 124 Å². The molecule has 0 bridgehead atoms. The summed E-state index contributed by atoms with van der Waals surface area (Å²) in [6.07, 6.45) is 0. The first-order valence-electron chi connectivity index (χ1n) is 6.66. The second kappa shape index (κ2) is 6.39. The number of carbonyl (C=O) groups is 1. The number of aryl methyl sites for hydroxylation is 1. The van der Waals surface area contributed by atoms with E-state index in [-0.39, 0.29) is 18.1 Å². The van der Waals surface area contributed by atoms with E-state index in [1.54, 1.807) is 6.07 Å². The molecule has 0 aliphatic rings. The summed E-state index contributed by atoms with van der Waals surface area (Å²) in [4.78, 5) is 14.0. The van der Waals surface area contributed by atoms with Crippen LogP contribution < -0.4 is 9.64 Å². The van der Waals surface area contributed by atoms with Gasteiger partial charge < -0.3 is 9.64 Å². The van der Waals surface area contributed by atoms with Crippen molar-refractivity contribution >= 4 is 11.5 Å². The first-order valence-corrected chi connectivity index (χ1v) is 6.66. The van der Waals surface area contributed by atoms with E-state index in [0.717, 1.165) is 11.3 Å². The maximum atomic E-state index is 13.6. The molecular formula is C17H18FNO2. The van der Waals surface area contributed by atoms with Crippen molar-refractivity contribution in [3.05, 3.63) is 59.4 Å². The van der Waals surface area contributed by atoms with Crippen molar-refractivity contribution in [2.75, 3.05) is 25.6 Å². The fourth-order valence-electron chi connectivity index (χ4n) is 2.04. The van der Waals surface area contributed by atoms with E-state index >= 15 is 0 Å². The number of Topliss-reactive ketones (excluding diaryl/α,β-unsaturated/α-hetero) is 1. The molecule has 21 heavy (non-hydrogen) atoms. The molecule has 0 N–H and O–H groups in total. The quantitative estimate of drug-likeness (QED) is 0.789. The van der Waals surface area contributed by atoms with Gasteiger partial charge in [0.1, 0.15) is 0 Å². The predicted octanol–water partition coefficient (Wildman–Crippen LogP) is 3.46. The molecule has 0 aliphatic carbocycles. The molecule has 0 saturated heterocycles. The van der Waals surface area contributed by atoms with Crippen LogP contribution in [0.15, 0.2) is 42.5 Å². The van der Waals surface area contributed by atoms with Gasteiger partial charge in [-0.05, 0) is 37.3 Å². The van der Waals surface area contributed by atoms with Gasteiger partial charge in [-0.1, -0.05) is 17.7 Å². The Morgan fingerprint density at radius 2 is 1.86 bits per heavy atom. The number of nitrogens with zero attached hydrogens (tertiary/aromatic N) is 1. The summed E-state index contributed by atoms with van der Waals surface area (Å²) in [7, 11) is 3.23. The normalized spacial score (nSPS) is 10.3. The number of rotatable bonds is 5. The van der Waals surface area contributed by atoms with E-state index < -0.39 is 5.82 Å². The van der Waals surface area contributed by atoms with E-state index in [1.807, 2.05) is 43.1 Å². The van der Waals surface area contributed by atoms with Crippen molar-refractivity contribution in [1.82, 2.24) is 0 Å². The number of carbonyl (C=O) groups excluding carboxylic acids is 1. The number of ketones is 1. The summed E-state index contributed by atoms with van der Waals surface area (Å²) in [5.41, 5.74) is 2.45. The van der Waals surface area contributed by atoms with Gasteiger partial charge in [0, 0.05) is 18.3 Å². The second-order valence-electron chi connectivity index (χ2n) is 4.96. The lowest BCUT2D eigenvalue weighted by Gasteiger charge is -2.18. The van der Waals surface area contributed by atoms with E-state index in [9.17, 15) is 9.18 Å². The molecule has 2 aromatic carbocycles. The highest BCUT2D eigenvalue weighted by Crippen LogP contribution is 2.19. The van der Waals surface area contributed by atoms with Crippen LogP contribution in [0.5, 0.6) is 5.75 Å². The monoisotopic (exact) mass is 287 g/mol. The van der Waals surface area contributed by atoms with Crippen molar-refractivity contribution in [1.29, 1.82) is 0 Å². The Balaban J connectivity index is 2.10. The highest BCUT2D eigenvalue weighted by molar-refractivity contribution is 5.99. The van der Waals surface area contributed by atoms with Crippen molar-refractivity contribution in [3.8, 4) is 5.75 Å². The zero-order chi connectivity index (χ0) is 15.4. The standard InChI is InChI=1S/C17H18FNO2/c1-12-4-7-14(8-5-12)19(2)11-16(20)13-6-9-17(21-3)15(18)10-13/h4-10H,11H2,1-3H3. The number of hydrogen-bond acceptors (Lipinski definition) is 3. The van der Waals surface area contributed by atoms with Crippen LogP contribution in [0.4, 0.5) is 10.1 Å². The van der Waals surface area contributed by atoms with Crippen molar-refractivity contribution in [2.45, 2.75) is 6.92 Å². The molecule has 0 amide bonds. The van der Waals surface area contributed by atoms with E-state index in [4.69, 9.17) is 4.74 Å². The lowest BCUT2D eigenvalue weighted by molar-refractivity contribution is 0.1000. The van der Waals surface area contributed by atoms with Gasteiger partial charge in [0.2, 0.25) is 0 Å². The first kappa shape index (κ1) is 15.0. The molecule has 2 aromatic rings. The summed E-state index contributed by atoms with van der Waals surface area (Å²) >= 11 is 0. The Morgan fingerprint density at radius 3 is 2.43 bits per heavy atom. The van der Waals surface area contributed by atoms with Crippen LogP contribution in [-0.4, -0.2) is 26.5 Å². The van der Waals surface area contributed by atoms with Gasteiger partial charge in [0.25, 0.3) is 0 Å². The summed E-state index contributed by atoms with van der Waals surface area (Å²) in [5, 5.41) is 0. The number of likely N-dealkylation sites (N-methyl/N-ethyl adjacent to an activating group) is 1. The molecule has 2 rings (SSSR count). The summed E-state index contributed by atoms with van der Waals surface area (Å²) < 4.78 is 18.5. The molecule has 0 radical (unpaired) electrons. The minimum absolute atomic E-state index is 0.137. The van der Waals surface area contributed by atoms with E-state index in [0.29, 0.717) is 5.56 Å². The fourth-order valence-corrected chi connectivity index (χ4v) is 2.04. The van der Waals surface area contributed by atoms with Gasteiger partial charge in [-0.25, -0.2) is 4.39 Å². The van der Waals surface area contributed by atoms with Gasteiger partial charge in [-0.15, -0.1) is 0 Å². The Kier molecular flexibility index (Phi) is 4.58. The Morgan fingerprint density at radius 1 is 1.19 bits per heavy atom. The van der Waals surface area contributed by atoms with Crippen LogP contribution in [0.1, 0.15) is 15.9 Å². The lowest BCUT2D eigenvalue weighted by Crippen LogP contribution is -2.25. The zero-order valence-corrected chi connectivity index (χ0v) is 12.4. The van der Waals surface area contributed by atoms with Crippen molar-refractivity contribution in [2.24, 2.45) is 0 Å². The second-order valence-corrected chi connectivity index (χ2v) is 4.96. The molecule has 110 valence electrons. The molecule has 0 unspecified atom stereocenters. The van der Waals surface area contributed by atoms with E-state index in [2.05, 4.69) is 0 Å². The molecule has 4 heteroatoms. The van der Waals surface area contributed by atoms with E-state index in [1.165, 1.54) is 19.2 Å². The van der Waals surface area contributed by atoms with Crippen LogP contribution >= 0.6 is 0 Å². The molecule has 0 heterocycles. The maximum absolute atomic E-state index is 13.6. The first-order chi connectivity index (χ1) is 10.0. The van der Waals surface area contributed by atoms with Crippen LogP contribution in [0.3, 0.4) is 0 Å². The molecule has 3 nitrogen and oxygen atoms in total. The minimum atomic E-state index is -0.527. The Bertz CT molecular complexity index is 638. The molecule has 0 aromatic heterocycles. The smallest absolute Gasteiger partial charge is 0.182 e. The third kappa shape index (κ3) is 3.60. The van der Waals surface area contributed by atoms with Crippen LogP contribution in [0, 0.1) is 12.7 Å². The van der Waals surface area contributed by atoms with Crippen LogP contribution in [-0.2, 0) is 0 Å². The molecule has 0 spiro atoms. The number of anilines is 1. The number of methoxy groups -OCH3 is 1. The number of hydrogen-bond donors (Lipinski definition) is 0. The van der Waals surface area contributed by atoms with Crippen molar-refractivity contribution in [3.63, 3.8) is 0 Å². The summed E-state index contributed by atoms with van der Waals surface area (Å²) in [6.45, 7) is 2.20. The van der Waals surface area contributed by atoms with Gasteiger partial charge in [0.05, 0.1) is 13.7 Å². The number of benzene rings is 2. The van der Waals surface area contributed by atoms with Crippen molar-refractivity contribution < 1.29 is 13.9 Å². The summed E-state index contributed by atoms with van der Waals surface area (Å²) in [5.74, 6) is -0.528. The fraction of sp³-hybridized carbons (Fsp3) is 0.235. The predicted molar refractivity (Wildman–Crippen MR) is 81.7 cm³/mol. The summed E-state index contributed by atoms with van der Waals surface area (Å²) in [6, 6.07) is 12.1. The number of ether oxygens (including phenoxy) is 1. The average molecular weight is 287 g/mol. The molecule has 0 atom stereocenters. The largest absolute Gasteiger partial charge is 0.494 e. The van der Waals surface area contributed by atoms with Crippen LogP contribution in [0.2, 0.25) is 0 Å². The third-order valence-electron chi connectivity index (χ3n) is 3.33. The van der Waals surface area contributed by atoms with Gasteiger partial charge >= 0.3 is 0 Å². The Hall–Kier alpha value is -2.36. The topological polar surface area (TPSA) is 29.5 Å². The van der Waals surface area contributed by atoms with Gasteiger partial charge in [-0.3, -0.25) is 4.79 Å². The molecule has 0 fully saturated rings.